The molecule has 8 heteroatoms. The van der Waals surface area contributed by atoms with Crippen LogP contribution in [0.2, 0.25) is 0 Å². The number of anilines is 2. The predicted octanol–water partition coefficient (Wildman–Crippen LogP) is 4.13. The number of nitrogens with one attached hydrogen (secondary N) is 1. The third kappa shape index (κ3) is 4.64. The molecular weight excluding hydrogens is 352 g/mol. The Hall–Kier alpha value is -3.26. The fourth-order valence-corrected chi connectivity index (χ4v) is 2.52. The van der Waals surface area contributed by atoms with Gasteiger partial charge in [0.2, 0.25) is 0 Å². The Morgan fingerprint density at radius 1 is 1.27 bits per heavy atom. The van der Waals surface area contributed by atoms with Crippen molar-refractivity contribution in [2.24, 2.45) is 4.99 Å². The van der Waals surface area contributed by atoms with Gasteiger partial charge < -0.3 is 15.3 Å². The topological polar surface area (TPSA) is 91.0 Å². The summed E-state index contributed by atoms with van der Waals surface area (Å²) in [5.74, 6) is 0. The first-order valence-corrected chi connectivity index (χ1v) is 8.04. The van der Waals surface area contributed by atoms with Gasteiger partial charge in [-0.15, -0.1) is 0 Å². The first kappa shape index (κ1) is 19.1. The van der Waals surface area contributed by atoms with Crippen molar-refractivity contribution in [1.29, 1.82) is 0 Å². The third-order valence-corrected chi connectivity index (χ3v) is 3.64. The summed E-state index contributed by atoms with van der Waals surface area (Å²) < 4.78 is 0. The van der Waals surface area contributed by atoms with Crippen molar-refractivity contribution < 1.29 is 10.0 Å². The minimum Gasteiger partial charge on any atom is -0.516 e. The number of para-hydroxylation sites is 1. The number of nitro groups is 1. The number of benzene rings is 2. The summed E-state index contributed by atoms with van der Waals surface area (Å²) >= 11 is 5.39. The van der Waals surface area contributed by atoms with Gasteiger partial charge in [0, 0.05) is 37.1 Å². The van der Waals surface area contributed by atoms with E-state index in [1.165, 1.54) is 18.5 Å². The molecule has 0 radical (unpaired) electrons. The highest BCUT2D eigenvalue weighted by molar-refractivity contribution is 7.80. The number of thiocarbonyl (C=S) groups is 1. The van der Waals surface area contributed by atoms with Crippen molar-refractivity contribution in [3.63, 3.8) is 0 Å². The van der Waals surface area contributed by atoms with Crippen LogP contribution < -0.4 is 5.32 Å². The fraction of sp³-hybridized carbons (Fsp3) is 0.111. The molecule has 134 valence electrons. The lowest BCUT2D eigenvalue weighted by Crippen LogP contribution is -2.11. The second-order valence-corrected chi connectivity index (χ2v) is 5.88. The van der Waals surface area contributed by atoms with E-state index in [9.17, 15) is 15.2 Å². The number of aliphatic imine (C=N–C) groups is 1. The number of aliphatic hydroxyl groups excluding tert-OH is 1. The lowest BCUT2D eigenvalue weighted by Gasteiger charge is -2.14. The first-order valence-electron chi connectivity index (χ1n) is 7.63. The van der Waals surface area contributed by atoms with E-state index in [2.05, 4.69) is 10.3 Å². The van der Waals surface area contributed by atoms with Crippen LogP contribution in [0.4, 0.5) is 17.1 Å². The normalized spacial score (nSPS) is 11.0. The first-order chi connectivity index (χ1) is 12.4. The van der Waals surface area contributed by atoms with Crippen LogP contribution in [0.3, 0.4) is 0 Å². The number of hydrogen-bond acceptors (Lipinski definition) is 5. The van der Waals surface area contributed by atoms with E-state index in [1.807, 2.05) is 30.3 Å². The van der Waals surface area contributed by atoms with Gasteiger partial charge in [0.25, 0.3) is 5.69 Å². The molecule has 0 atom stereocenters. The molecule has 0 fully saturated rings. The average Bonchev–Trinajstić information content (AvgIpc) is 2.61. The highest BCUT2D eigenvalue weighted by Crippen LogP contribution is 2.33. The average molecular weight is 370 g/mol. The molecule has 0 heterocycles. The maximum Gasteiger partial charge on any atom is 0.277 e. The Labute approximate surface area is 156 Å². The van der Waals surface area contributed by atoms with Crippen LogP contribution in [0.15, 0.2) is 53.7 Å². The predicted molar refractivity (Wildman–Crippen MR) is 108 cm³/mol. The van der Waals surface area contributed by atoms with E-state index in [-0.39, 0.29) is 16.2 Å². The zero-order valence-electron chi connectivity index (χ0n) is 14.3. The minimum atomic E-state index is -0.524. The van der Waals surface area contributed by atoms with Gasteiger partial charge in [-0.3, -0.25) is 10.1 Å². The molecule has 2 aromatic carbocycles. The van der Waals surface area contributed by atoms with Gasteiger partial charge in [-0.05, 0) is 24.3 Å². The van der Waals surface area contributed by atoms with Gasteiger partial charge in [-0.1, -0.05) is 30.4 Å². The van der Waals surface area contributed by atoms with Gasteiger partial charge in [0.1, 0.15) is 4.99 Å². The number of nitro benzene ring substituents is 1. The number of nitrogens with zero attached hydrogens (tertiary/aromatic N) is 3. The molecule has 0 bridgehead atoms. The standard InChI is InChI=1S/C18H18N4O3S/c1-21(2)12-19-18(26)17-14(10-11-23)16(22(24)25)9-8-15(17)20-13-6-4-3-5-7-13/h3-12,20,23H,1-2H3/b11-10+,19-12?. The largest absolute Gasteiger partial charge is 0.516 e. The third-order valence-electron chi connectivity index (χ3n) is 3.33. The van der Waals surface area contributed by atoms with Gasteiger partial charge in [0.05, 0.1) is 23.1 Å². The van der Waals surface area contributed by atoms with Crippen LogP contribution in [-0.2, 0) is 0 Å². The van der Waals surface area contributed by atoms with Gasteiger partial charge in [-0.25, -0.2) is 4.99 Å². The fourth-order valence-electron chi connectivity index (χ4n) is 2.26. The molecule has 2 aromatic rings. The quantitative estimate of drug-likeness (QED) is 0.198. The molecule has 0 amide bonds. The smallest absolute Gasteiger partial charge is 0.277 e. The molecule has 0 aromatic heterocycles. The van der Waals surface area contributed by atoms with E-state index < -0.39 is 4.92 Å². The number of hydrogen-bond donors (Lipinski definition) is 2. The van der Waals surface area contributed by atoms with Crippen LogP contribution in [0.25, 0.3) is 6.08 Å². The number of rotatable bonds is 6. The Morgan fingerprint density at radius 2 is 1.96 bits per heavy atom. The van der Waals surface area contributed by atoms with Crippen molar-refractivity contribution in [2.45, 2.75) is 0 Å². The van der Waals surface area contributed by atoms with E-state index in [1.54, 1.807) is 25.1 Å². The molecule has 7 nitrogen and oxygen atoms in total. The lowest BCUT2D eigenvalue weighted by molar-refractivity contribution is -0.385. The van der Waals surface area contributed by atoms with Crippen molar-refractivity contribution in [1.82, 2.24) is 4.90 Å². The van der Waals surface area contributed by atoms with E-state index in [4.69, 9.17) is 12.2 Å². The van der Waals surface area contributed by atoms with E-state index in [0.717, 1.165) is 11.9 Å². The molecule has 0 unspecified atom stereocenters. The minimum absolute atomic E-state index is 0.161. The summed E-state index contributed by atoms with van der Waals surface area (Å²) in [6, 6.07) is 12.3. The maximum absolute atomic E-state index is 11.4. The Bertz CT molecular complexity index is 864. The summed E-state index contributed by atoms with van der Waals surface area (Å²) in [5.41, 5.74) is 1.71. The van der Waals surface area contributed by atoms with Crippen molar-refractivity contribution in [3.05, 3.63) is 70.0 Å². The molecule has 0 aliphatic carbocycles. The number of aliphatic hydroxyl groups is 1. The van der Waals surface area contributed by atoms with E-state index >= 15 is 0 Å². The summed E-state index contributed by atoms with van der Waals surface area (Å²) in [6.45, 7) is 0. The van der Waals surface area contributed by atoms with Crippen LogP contribution in [0.1, 0.15) is 11.1 Å². The lowest BCUT2D eigenvalue weighted by atomic mass is 10.0. The highest BCUT2D eigenvalue weighted by atomic mass is 32.1. The summed E-state index contributed by atoms with van der Waals surface area (Å²) in [4.78, 5) is 16.9. The summed E-state index contributed by atoms with van der Waals surface area (Å²) in [5, 5.41) is 23.8. The molecule has 0 saturated carbocycles. The molecule has 2 N–H and O–H groups in total. The molecule has 2 rings (SSSR count). The zero-order valence-corrected chi connectivity index (χ0v) is 15.1. The Morgan fingerprint density at radius 3 is 2.54 bits per heavy atom. The Balaban J connectivity index is 2.64. The highest BCUT2D eigenvalue weighted by Gasteiger charge is 2.22. The van der Waals surface area contributed by atoms with Gasteiger partial charge in [-0.2, -0.15) is 0 Å². The SMILES string of the molecule is CN(C)C=NC(=S)c1c(Nc2ccccc2)ccc([N+](=O)[O-])c1/C=C/O. The van der Waals surface area contributed by atoms with Crippen molar-refractivity contribution in [3.8, 4) is 0 Å². The molecule has 0 aliphatic rings. The van der Waals surface area contributed by atoms with Crippen LogP contribution in [0.5, 0.6) is 0 Å². The van der Waals surface area contributed by atoms with Crippen molar-refractivity contribution in [2.75, 3.05) is 19.4 Å². The molecular formula is C18H18N4O3S. The van der Waals surface area contributed by atoms with Crippen molar-refractivity contribution >= 4 is 46.7 Å². The maximum atomic E-state index is 11.4. The summed E-state index contributed by atoms with van der Waals surface area (Å²) in [7, 11) is 3.58. The molecule has 0 saturated heterocycles. The zero-order chi connectivity index (χ0) is 19.1. The van der Waals surface area contributed by atoms with Gasteiger partial charge >= 0.3 is 0 Å². The molecule has 0 spiro atoms. The van der Waals surface area contributed by atoms with Crippen LogP contribution in [-0.4, -0.2) is 40.4 Å². The van der Waals surface area contributed by atoms with Crippen LogP contribution >= 0.6 is 12.2 Å². The van der Waals surface area contributed by atoms with E-state index in [0.29, 0.717) is 11.3 Å². The monoisotopic (exact) mass is 370 g/mol. The van der Waals surface area contributed by atoms with Crippen LogP contribution in [0, 0.1) is 10.1 Å². The summed E-state index contributed by atoms with van der Waals surface area (Å²) in [6.07, 6.45) is 3.50. The van der Waals surface area contributed by atoms with Gasteiger partial charge in [0.15, 0.2) is 0 Å². The molecule has 0 aliphatic heterocycles. The second kappa shape index (κ2) is 8.72. The Kier molecular flexibility index (Phi) is 6.40. The molecule has 26 heavy (non-hydrogen) atoms. The second-order valence-electron chi connectivity index (χ2n) is 5.50.